The predicted molar refractivity (Wildman–Crippen MR) is 112 cm³/mol. The Morgan fingerprint density at radius 2 is 2.14 bits per heavy atom. The number of nitrogens with zero attached hydrogens (tertiary/aromatic N) is 2. The van der Waals surface area contributed by atoms with Gasteiger partial charge in [-0.2, -0.15) is 0 Å². The number of rotatable bonds is 9. The number of hydrogen-bond acceptors (Lipinski definition) is 4. The Morgan fingerprint density at radius 3 is 2.82 bits per heavy atom. The summed E-state index contributed by atoms with van der Waals surface area (Å²) in [6.07, 6.45) is 3.24. The molecule has 1 aromatic rings. The molecule has 2 fully saturated rings. The molecule has 0 spiro atoms. The Morgan fingerprint density at radius 1 is 1.32 bits per heavy atom. The number of ether oxygens (including phenoxy) is 1. The van der Waals surface area contributed by atoms with Crippen LogP contribution in [0.2, 0.25) is 0 Å². The number of aryl methyl sites for hydroxylation is 1. The lowest BCUT2D eigenvalue weighted by atomic mass is 10.1. The highest BCUT2D eigenvalue weighted by atomic mass is 32.2. The van der Waals surface area contributed by atoms with E-state index in [1.165, 1.54) is 18.4 Å². The first-order valence-corrected chi connectivity index (χ1v) is 11.8. The van der Waals surface area contributed by atoms with Crippen molar-refractivity contribution in [1.82, 2.24) is 14.9 Å². The van der Waals surface area contributed by atoms with E-state index >= 15 is 0 Å². The van der Waals surface area contributed by atoms with E-state index in [0.717, 1.165) is 24.5 Å². The second kappa shape index (κ2) is 9.60. The molecule has 7 nitrogen and oxygen atoms in total. The molecule has 1 aliphatic carbocycles. The van der Waals surface area contributed by atoms with Gasteiger partial charge in [0.05, 0.1) is 18.9 Å². The molecule has 28 heavy (non-hydrogen) atoms. The number of aliphatic imine (C=N–C) groups is 1. The molecule has 2 aliphatic rings. The van der Waals surface area contributed by atoms with E-state index in [0.29, 0.717) is 44.5 Å². The molecule has 0 amide bonds. The fourth-order valence-corrected chi connectivity index (χ4v) is 4.70. The van der Waals surface area contributed by atoms with Gasteiger partial charge in [-0.3, -0.25) is 0 Å². The number of guanidine groups is 1. The molecule has 8 heteroatoms. The standard InChI is InChI=1S/C20H32N4O3S/c1-3-21-20(22-9-11-24-10-4-12-28(24,25)26)23-14-18-8-5-16(2)13-19(18)27-15-17-6-7-17/h5,8,13,17H,3-4,6-7,9-12,14-15H2,1-2H3,(H2,21,22,23). The highest BCUT2D eigenvalue weighted by Crippen LogP contribution is 2.30. The van der Waals surface area contributed by atoms with Crippen LogP contribution in [0.5, 0.6) is 5.75 Å². The fraction of sp³-hybridized carbons (Fsp3) is 0.650. The summed E-state index contributed by atoms with van der Waals surface area (Å²) in [5.41, 5.74) is 2.24. The third-order valence-electron chi connectivity index (χ3n) is 5.00. The van der Waals surface area contributed by atoms with Crippen LogP contribution in [-0.4, -0.2) is 57.2 Å². The van der Waals surface area contributed by atoms with Crippen molar-refractivity contribution in [3.05, 3.63) is 29.3 Å². The van der Waals surface area contributed by atoms with E-state index in [9.17, 15) is 8.42 Å². The summed E-state index contributed by atoms with van der Waals surface area (Å²) in [7, 11) is -3.05. The van der Waals surface area contributed by atoms with Gasteiger partial charge < -0.3 is 15.4 Å². The van der Waals surface area contributed by atoms with Crippen molar-refractivity contribution in [2.75, 3.05) is 38.5 Å². The number of nitrogens with one attached hydrogen (secondary N) is 2. The molecule has 1 saturated heterocycles. The van der Waals surface area contributed by atoms with Gasteiger partial charge in [-0.15, -0.1) is 0 Å². The first-order chi connectivity index (χ1) is 13.5. The SMILES string of the molecule is CCNC(=NCc1ccc(C)cc1OCC1CC1)NCCN1CCCS1(=O)=O. The Bertz CT molecular complexity index is 791. The van der Waals surface area contributed by atoms with Gasteiger partial charge in [0.2, 0.25) is 10.0 Å². The van der Waals surface area contributed by atoms with Crippen molar-refractivity contribution < 1.29 is 13.2 Å². The van der Waals surface area contributed by atoms with Gasteiger partial charge in [0.25, 0.3) is 0 Å². The zero-order valence-electron chi connectivity index (χ0n) is 16.9. The van der Waals surface area contributed by atoms with Crippen molar-refractivity contribution in [2.24, 2.45) is 10.9 Å². The average Bonchev–Trinajstić information content (AvgIpc) is 3.42. The summed E-state index contributed by atoms with van der Waals surface area (Å²) in [5.74, 6) is 2.57. The average molecular weight is 409 g/mol. The maximum atomic E-state index is 11.9. The second-order valence-corrected chi connectivity index (χ2v) is 9.64. The topological polar surface area (TPSA) is 83.0 Å². The largest absolute Gasteiger partial charge is 0.493 e. The molecule has 1 saturated carbocycles. The van der Waals surface area contributed by atoms with Crippen LogP contribution in [0.1, 0.15) is 37.3 Å². The van der Waals surface area contributed by atoms with Crippen LogP contribution in [0, 0.1) is 12.8 Å². The smallest absolute Gasteiger partial charge is 0.214 e. The van der Waals surface area contributed by atoms with Gasteiger partial charge >= 0.3 is 0 Å². The molecule has 0 bridgehead atoms. The first-order valence-electron chi connectivity index (χ1n) is 10.2. The molecule has 1 aromatic carbocycles. The van der Waals surface area contributed by atoms with Gasteiger partial charge in [0, 0.05) is 31.7 Å². The van der Waals surface area contributed by atoms with Gasteiger partial charge in [-0.1, -0.05) is 12.1 Å². The maximum Gasteiger partial charge on any atom is 0.214 e. The first kappa shape index (κ1) is 20.9. The zero-order valence-corrected chi connectivity index (χ0v) is 17.7. The van der Waals surface area contributed by atoms with Crippen LogP contribution in [-0.2, 0) is 16.6 Å². The van der Waals surface area contributed by atoms with Gasteiger partial charge in [0.1, 0.15) is 5.75 Å². The summed E-state index contributed by atoms with van der Waals surface area (Å²) < 4.78 is 31.4. The number of benzene rings is 1. The predicted octanol–water partition coefficient (Wildman–Crippen LogP) is 1.87. The van der Waals surface area contributed by atoms with E-state index in [1.807, 2.05) is 6.92 Å². The second-order valence-electron chi connectivity index (χ2n) is 7.56. The minimum Gasteiger partial charge on any atom is -0.493 e. The third kappa shape index (κ3) is 6.10. The van der Waals surface area contributed by atoms with Crippen LogP contribution in [0.15, 0.2) is 23.2 Å². The van der Waals surface area contributed by atoms with Crippen LogP contribution in [0.3, 0.4) is 0 Å². The highest BCUT2D eigenvalue weighted by Gasteiger charge is 2.27. The molecule has 1 heterocycles. The normalized spacial score (nSPS) is 19.6. The minimum absolute atomic E-state index is 0.262. The lowest BCUT2D eigenvalue weighted by Gasteiger charge is -2.17. The maximum absolute atomic E-state index is 11.9. The van der Waals surface area contributed by atoms with Crippen LogP contribution < -0.4 is 15.4 Å². The monoisotopic (exact) mass is 408 g/mol. The summed E-state index contributed by atoms with van der Waals surface area (Å²) in [6.45, 7) is 7.72. The summed E-state index contributed by atoms with van der Waals surface area (Å²) in [6, 6.07) is 6.22. The van der Waals surface area contributed by atoms with Crippen molar-refractivity contribution in [3.8, 4) is 5.75 Å². The van der Waals surface area contributed by atoms with E-state index in [1.54, 1.807) is 4.31 Å². The van der Waals surface area contributed by atoms with Crippen molar-refractivity contribution in [2.45, 2.75) is 39.7 Å². The van der Waals surface area contributed by atoms with E-state index in [2.05, 4.69) is 40.7 Å². The summed E-state index contributed by atoms with van der Waals surface area (Å²) in [4.78, 5) is 4.66. The van der Waals surface area contributed by atoms with Gasteiger partial charge in [-0.25, -0.2) is 17.7 Å². The number of sulfonamides is 1. The van der Waals surface area contributed by atoms with Gasteiger partial charge in [-0.05, 0) is 50.7 Å². The molecule has 156 valence electrons. The van der Waals surface area contributed by atoms with Crippen LogP contribution >= 0.6 is 0 Å². The molecule has 1 aliphatic heterocycles. The molecule has 0 unspecified atom stereocenters. The molecule has 0 atom stereocenters. The quantitative estimate of drug-likeness (QED) is 0.481. The molecular formula is C20H32N4O3S. The minimum atomic E-state index is -3.05. The summed E-state index contributed by atoms with van der Waals surface area (Å²) >= 11 is 0. The highest BCUT2D eigenvalue weighted by molar-refractivity contribution is 7.89. The molecule has 0 aromatic heterocycles. The van der Waals surface area contributed by atoms with E-state index in [4.69, 9.17) is 4.74 Å². The summed E-state index contributed by atoms with van der Waals surface area (Å²) in [5, 5.41) is 6.46. The molecule has 0 radical (unpaired) electrons. The third-order valence-corrected chi connectivity index (χ3v) is 6.96. The van der Waals surface area contributed by atoms with Gasteiger partial charge in [0.15, 0.2) is 5.96 Å². The van der Waals surface area contributed by atoms with E-state index in [-0.39, 0.29) is 5.75 Å². The Kier molecular flexibility index (Phi) is 7.18. The van der Waals surface area contributed by atoms with Crippen molar-refractivity contribution in [3.63, 3.8) is 0 Å². The Balaban J connectivity index is 1.57. The Labute approximate surface area is 168 Å². The lowest BCUT2D eigenvalue weighted by molar-refractivity contribution is 0.296. The van der Waals surface area contributed by atoms with Crippen molar-refractivity contribution in [1.29, 1.82) is 0 Å². The van der Waals surface area contributed by atoms with Crippen molar-refractivity contribution >= 4 is 16.0 Å². The molecular weight excluding hydrogens is 376 g/mol. The lowest BCUT2D eigenvalue weighted by Crippen LogP contribution is -2.42. The van der Waals surface area contributed by atoms with Crippen LogP contribution in [0.25, 0.3) is 0 Å². The van der Waals surface area contributed by atoms with E-state index < -0.39 is 10.0 Å². The van der Waals surface area contributed by atoms with Crippen LogP contribution in [0.4, 0.5) is 0 Å². The zero-order chi connectivity index (χ0) is 20.0. The molecule has 2 N–H and O–H groups in total. The molecule has 3 rings (SSSR count). The Hall–Kier alpha value is -1.80. The number of hydrogen-bond donors (Lipinski definition) is 2. The fourth-order valence-electron chi connectivity index (χ4n) is 3.17.